The summed E-state index contributed by atoms with van der Waals surface area (Å²) in [5.41, 5.74) is 5.47. The number of nitrogens with two attached hydrogens (primary N) is 1. The number of primary amides is 1. The average molecular weight is 143 g/mol. The lowest BCUT2D eigenvalue weighted by Crippen LogP contribution is -2.38. The minimum Gasteiger partial charge on any atom is -0.366 e. The summed E-state index contributed by atoms with van der Waals surface area (Å²) in [5, 5.41) is 0. The predicted octanol–water partition coefficient (Wildman–Crippen LogP) is -0.266. The zero-order chi connectivity index (χ0) is 8.36. The van der Waals surface area contributed by atoms with Gasteiger partial charge in [0.1, 0.15) is 6.54 Å². The highest BCUT2D eigenvalue weighted by atomic mass is 16.1. The van der Waals surface area contributed by atoms with E-state index in [0.717, 1.165) is 0 Å². The standard InChI is InChI=1S/C7H14N2O/c1-6(7(8)10)5-9(2,3)4/h1,5H2,2-4H3,(H-,8,10)/p+1. The van der Waals surface area contributed by atoms with Gasteiger partial charge in [0, 0.05) is 0 Å². The molecule has 0 spiro atoms. The summed E-state index contributed by atoms with van der Waals surface area (Å²) in [7, 11) is 5.94. The van der Waals surface area contributed by atoms with Gasteiger partial charge in [-0.1, -0.05) is 6.58 Å². The van der Waals surface area contributed by atoms with E-state index in [-0.39, 0.29) is 0 Å². The van der Waals surface area contributed by atoms with Gasteiger partial charge in [0.2, 0.25) is 5.91 Å². The van der Waals surface area contributed by atoms with Crippen LogP contribution in [0.25, 0.3) is 0 Å². The highest BCUT2D eigenvalue weighted by Crippen LogP contribution is 1.97. The first-order valence-electron chi connectivity index (χ1n) is 3.11. The summed E-state index contributed by atoms with van der Waals surface area (Å²) in [6.07, 6.45) is 0. The molecule has 3 heteroatoms. The zero-order valence-electron chi connectivity index (χ0n) is 6.85. The van der Waals surface area contributed by atoms with E-state index in [1.165, 1.54) is 0 Å². The maximum atomic E-state index is 10.5. The molecule has 0 aliphatic heterocycles. The van der Waals surface area contributed by atoms with Crippen LogP contribution in [0, 0.1) is 0 Å². The van der Waals surface area contributed by atoms with Crippen molar-refractivity contribution in [1.29, 1.82) is 0 Å². The number of carbonyl (C=O) groups is 1. The second kappa shape index (κ2) is 2.84. The van der Waals surface area contributed by atoms with E-state index < -0.39 is 5.91 Å². The third-order valence-electron chi connectivity index (χ3n) is 1.01. The van der Waals surface area contributed by atoms with E-state index in [4.69, 9.17) is 5.73 Å². The van der Waals surface area contributed by atoms with Crippen molar-refractivity contribution in [2.45, 2.75) is 0 Å². The van der Waals surface area contributed by atoms with Gasteiger partial charge in [-0.05, 0) is 0 Å². The van der Waals surface area contributed by atoms with Gasteiger partial charge in [-0.2, -0.15) is 0 Å². The van der Waals surface area contributed by atoms with Crippen molar-refractivity contribution in [1.82, 2.24) is 0 Å². The van der Waals surface area contributed by atoms with Gasteiger partial charge in [-0.3, -0.25) is 4.79 Å². The lowest BCUT2D eigenvalue weighted by atomic mass is 10.2. The normalized spacial score (nSPS) is 11.1. The van der Waals surface area contributed by atoms with E-state index >= 15 is 0 Å². The summed E-state index contributed by atoms with van der Waals surface area (Å²) >= 11 is 0. The second-order valence-electron chi connectivity index (χ2n) is 3.42. The second-order valence-corrected chi connectivity index (χ2v) is 3.42. The Hall–Kier alpha value is -0.830. The first-order valence-corrected chi connectivity index (χ1v) is 3.11. The Kier molecular flexibility index (Phi) is 2.60. The van der Waals surface area contributed by atoms with E-state index in [2.05, 4.69) is 6.58 Å². The molecule has 0 rings (SSSR count). The van der Waals surface area contributed by atoms with Crippen molar-refractivity contribution >= 4 is 5.91 Å². The first-order chi connectivity index (χ1) is 4.33. The molecule has 0 bridgehead atoms. The smallest absolute Gasteiger partial charge is 0.249 e. The first kappa shape index (κ1) is 9.17. The van der Waals surface area contributed by atoms with Crippen LogP contribution in [-0.2, 0) is 4.79 Å². The van der Waals surface area contributed by atoms with Gasteiger partial charge >= 0.3 is 0 Å². The van der Waals surface area contributed by atoms with Crippen molar-refractivity contribution in [3.05, 3.63) is 12.2 Å². The van der Waals surface area contributed by atoms with Gasteiger partial charge < -0.3 is 10.2 Å². The largest absolute Gasteiger partial charge is 0.366 e. The fourth-order valence-electron chi connectivity index (χ4n) is 0.650. The number of rotatable bonds is 3. The lowest BCUT2D eigenvalue weighted by molar-refractivity contribution is -0.865. The third-order valence-corrected chi connectivity index (χ3v) is 1.01. The highest BCUT2D eigenvalue weighted by molar-refractivity contribution is 5.91. The predicted molar refractivity (Wildman–Crippen MR) is 41.2 cm³/mol. The maximum Gasteiger partial charge on any atom is 0.249 e. The van der Waals surface area contributed by atoms with Crippen LogP contribution in [0.2, 0.25) is 0 Å². The topological polar surface area (TPSA) is 43.1 Å². The Balaban J connectivity index is 3.93. The number of hydrogen-bond donors (Lipinski definition) is 1. The lowest BCUT2D eigenvalue weighted by Gasteiger charge is -2.23. The van der Waals surface area contributed by atoms with E-state index in [1.54, 1.807) is 0 Å². The quantitative estimate of drug-likeness (QED) is 0.429. The van der Waals surface area contributed by atoms with Crippen LogP contribution in [0.15, 0.2) is 12.2 Å². The summed E-state index contributed by atoms with van der Waals surface area (Å²) in [6, 6.07) is 0. The molecule has 0 fully saturated rings. The van der Waals surface area contributed by atoms with Crippen LogP contribution >= 0.6 is 0 Å². The molecule has 58 valence electrons. The van der Waals surface area contributed by atoms with Crippen molar-refractivity contribution < 1.29 is 9.28 Å². The van der Waals surface area contributed by atoms with Gasteiger partial charge in [-0.15, -0.1) is 0 Å². The van der Waals surface area contributed by atoms with Gasteiger partial charge in [-0.25, -0.2) is 0 Å². The number of amides is 1. The molecule has 0 saturated heterocycles. The van der Waals surface area contributed by atoms with E-state index in [0.29, 0.717) is 16.6 Å². The molecule has 1 amide bonds. The molecule has 0 saturated carbocycles. The average Bonchev–Trinajstić information content (AvgIpc) is 1.60. The van der Waals surface area contributed by atoms with Crippen LogP contribution in [0.1, 0.15) is 0 Å². The number of quaternary nitrogens is 1. The van der Waals surface area contributed by atoms with Gasteiger partial charge in [0.05, 0.1) is 26.7 Å². The zero-order valence-corrected chi connectivity index (χ0v) is 6.85. The Morgan fingerprint density at radius 3 is 2.00 bits per heavy atom. The minimum atomic E-state index is -0.409. The monoisotopic (exact) mass is 143 g/mol. The molecule has 3 nitrogen and oxygen atoms in total. The van der Waals surface area contributed by atoms with Crippen LogP contribution in [0.4, 0.5) is 0 Å². The molecule has 2 N–H and O–H groups in total. The molecule has 10 heavy (non-hydrogen) atoms. The van der Waals surface area contributed by atoms with Crippen molar-refractivity contribution in [3.8, 4) is 0 Å². The minimum absolute atomic E-state index is 0.409. The van der Waals surface area contributed by atoms with Crippen LogP contribution < -0.4 is 5.73 Å². The van der Waals surface area contributed by atoms with Crippen molar-refractivity contribution in [2.24, 2.45) is 5.73 Å². The highest BCUT2D eigenvalue weighted by Gasteiger charge is 2.12. The fraction of sp³-hybridized carbons (Fsp3) is 0.571. The molecule has 0 aromatic heterocycles. The Bertz CT molecular complexity index is 155. The van der Waals surface area contributed by atoms with E-state index in [1.807, 2.05) is 21.1 Å². The van der Waals surface area contributed by atoms with Gasteiger partial charge in [0.15, 0.2) is 0 Å². The number of likely N-dealkylation sites (N-methyl/N-ethyl adjacent to an activating group) is 1. The summed E-state index contributed by atoms with van der Waals surface area (Å²) < 4.78 is 0.682. The van der Waals surface area contributed by atoms with Gasteiger partial charge in [0.25, 0.3) is 0 Å². The molecule has 0 radical (unpaired) electrons. The Labute approximate surface area is 61.7 Å². The summed E-state index contributed by atoms with van der Waals surface area (Å²) in [4.78, 5) is 10.5. The van der Waals surface area contributed by atoms with E-state index in [9.17, 15) is 4.79 Å². The van der Waals surface area contributed by atoms with Crippen LogP contribution in [-0.4, -0.2) is 38.1 Å². The molecule has 0 heterocycles. The number of nitrogens with zero attached hydrogens (tertiary/aromatic N) is 1. The third kappa shape index (κ3) is 4.09. The molecular formula is C7H15N2O+. The number of hydrogen-bond acceptors (Lipinski definition) is 1. The Morgan fingerprint density at radius 1 is 1.50 bits per heavy atom. The van der Waals surface area contributed by atoms with Crippen LogP contribution in [0.3, 0.4) is 0 Å². The Morgan fingerprint density at radius 2 is 1.90 bits per heavy atom. The summed E-state index contributed by atoms with van der Waals surface area (Å²) in [6.45, 7) is 4.16. The molecule has 0 aliphatic carbocycles. The van der Waals surface area contributed by atoms with Crippen LogP contribution in [0.5, 0.6) is 0 Å². The van der Waals surface area contributed by atoms with Crippen molar-refractivity contribution in [3.63, 3.8) is 0 Å². The molecule has 0 aliphatic rings. The molecule has 0 aromatic carbocycles. The molecule has 0 atom stereocenters. The van der Waals surface area contributed by atoms with Crippen molar-refractivity contribution in [2.75, 3.05) is 27.7 Å². The maximum absolute atomic E-state index is 10.5. The molecular weight excluding hydrogens is 128 g/mol. The molecule has 0 aromatic rings. The summed E-state index contributed by atoms with van der Waals surface area (Å²) in [5.74, 6) is -0.409. The molecule has 0 unspecified atom stereocenters. The SMILES string of the molecule is C=C(C[N+](C)(C)C)C(N)=O. The fourth-order valence-corrected chi connectivity index (χ4v) is 0.650. The number of carbonyl (C=O) groups excluding carboxylic acids is 1.